The number of nitrogens with two attached hydrogens (primary N) is 2. The highest BCUT2D eigenvalue weighted by atomic mass is 14.6. The van der Waals surface area contributed by atoms with E-state index in [4.69, 9.17) is 11.5 Å². The minimum absolute atomic E-state index is 0.131. The van der Waals surface area contributed by atoms with E-state index in [1.807, 2.05) is 12.1 Å². The van der Waals surface area contributed by atoms with Crippen molar-refractivity contribution in [2.24, 2.45) is 17.4 Å². The molecule has 1 atom stereocenters. The van der Waals surface area contributed by atoms with Crippen molar-refractivity contribution in [3.63, 3.8) is 0 Å². The van der Waals surface area contributed by atoms with Crippen LogP contribution in [0.15, 0.2) is 24.3 Å². The van der Waals surface area contributed by atoms with Crippen LogP contribution in [0.1, 0.15) is 31.0 Å². The van der Waals surface area contributed by atoms with Crippen LogP contribution in [-0.4, -0.2) is 0 Å². The largest absolute Gasteiger partial charge is 0.326 e. The molecule has 0 saturated carbocycles. The molecule has 1 aromatic carbocycles. The van der Waals surface area contributed by atoms with Crippen molar-refractivity contribution in [3.05, 3.63) is 35.4 Å². The van der Waals surface area contributed by atoms with E-state index < -0.39 is 0 Å². The smallest absolute Gasteiger partial charge is 0.0318 e. The first-order chi connectivity index (χ1) is 6.15. The van der Waals surface area contributed by atoms with Crippen LogP contribution in [0.5, 0.6) is 0 Å². The molecule has 72 valence electrons. The Balaban J connectivity index is 2.79. The standard InChI is InChI=1S/C11H18N2/c1-8(2)11(13)10-5-3-9(7-12)4-6-10/h3-6,8,11H,7,12-13H2,1-2H3. The van der Waals surface area contributed by atoms with Crippen LogP contribution in [-0.2, 0) is 6.54 Å². The van der Waals surface area contributed by atoms with Gasteiger partial charge in [-0.2, -0.15) is 0 Å². The molecule has 0 aromatic heterocycles. The third-order valence-electron chi connectivity index (χ3n) is 2.32. The summed E-state index contributed by atoms with van der Waals surface area (Å²) in [5.41, 5.74) is 13.8. The molecule has 4 N–H and O–H groups in total. The van der Waals surface area contributed by atoms with Crippen molar-refractivity contribution >= 4 is 0 Å². The van der Waals surface area contributed by atoms with Crippen LogP contribution in [0.2, 0.25) is 0 Å². The van der Waals surface area contributed by atoms with E-state index in [0.717, 1.165) is 5.56 Å². The summed E-state index contributed by atoms with van der Waals surface area (Å²) in [6, 6.07) is 8.33. The molecule has 1 unspecified atom stereocenters. The number of benzene rings is 1. The van der Waals surface area contributed by atoms with Gasteiger partial charge in [-0.25, -0.2) is 0 Å². The van der Waals surface area contributed by atoms with E-state index >= 15 is 0 Å². The van der Waals surface area contributed by atoms with E-state index in [1.165, 1.54) is 5.56 Å². The Morgan fingerprint density at radius 1 is 1.15 bits per heavy atom. The van der Waals surface area contributed by atoms with Gasteiger partial charge >= 0.3 is 0 Å². The van der Waals surface area contributed by atoms with Gasteiger partial charge in [0, 0.05) is 12.6 Å². The molecule has 0 aliphatic rings. The fourth-order valence-electron chi connectivity index (χ4n) is 1.26. The van der Waals surface area contributed by atoms with E-state index in [0.29, 0.717) is 12.5 Å². The maximum Gasteiger partial charge on any atom is 0.0318 e. The predicted molar refractivity (Wildman–Crippen MR) is 56.1 cm³/mol. The van der Waals surface area contributed by atoms with Crippen LogP contribution >= 0.6 is 0 Å². The van der Waals surface area contributed by atoms with Crippen LogP contribution in [0.3, 0.4) is 0 Å². The Bertz CT molecular complexity index is 251. The zero-order valence-electron chi connectivity index (χ0n) is 8.33. The predicted octanol–water partition coefficient (Wildman–Crippen LogP) is 1.80. The summed E-state index contributed by atoms with van der Waals surface area (Å²) in [5, 5.41) is 0. The topological polar surface area (TPSA) is 52.0 Å². The second kappa shape index (κ2) is 4.40. The summed E-state index contributed by atoms with van der Waals surface area (Å²) in [5.74, 6) is 0.476. The number of hydrogen-bond donors (Lipinski definition) is 2. The molecule has 2 heteroatoms. The third-order valence-corrected chi connectivity index (χ3v) is 2.32. The molecule has 0 radical (unpaired) electrons. The van der Waals surface area contributed by atoms with Crippen molar-refractivity contribution in [2.75, 3.05) is 0 Å². The van der Waals surface area contributed by atoms with Gasteiger partial charge in [0.15, 0.2) is 0 Å². The molecule has 1 aromatic rings. The Hall–Kier alpha value is -0.860. The van der Waals surface area contributed by atoms with Crippen LogP contribution in [0.25, 0.3) is 0 Å². The first-order valence-corrected chi connectivity index (χ1v) is 4.69. The fraction of sp³-hybridized carbons (Fsp3) is 0.455. The number of rotatable bonds is 3. The SMILES string of the molecule is CC(C)C(N)c1ccc(CN)cc1. The average molecular weight is 178 g/mol. The maximum absolute atomic E-state index is 6.00. The third kappa shape index (κ3) is 2.54. The Morgan fingerprint density at radius 2 is 1.69 bits per heavy atom. The Kier molecular flexibility index (Phi) is 3.46. The first kappa shape index (κ1) is 10.2. The van der Waals surface area contributed by atoms with Gasteiger partial charge in [-0.1, -0.05) is 38.1 Å². The van der Waals surface area contributed by atoms with Crippen molar-refractivity contribution in [2.45, 2.75) is 26.4 Å². The lowest BCUT2D eigenvalue weighted by Crippen LogP contribution is -2.16. The molecule has 13 heavy (non-hydrogen) atoms. The monoisotopic (exact) mass is 178 g/mol. The zero-order valence-corrected chi connectivity index (χ0v) is 8.33. The molecular formula is C11H18N2. The average Bonchev–Trinajstić information content (AvgIpc) is 2.17. The van der Waals surface area contributed by atoms with E-state index in [1.54, 1.807) is 0 Å². The van der Waals surface area contributed by atoms with E-state index in [-0.39, 0.29) is 6.04 Å². The molecular weight excluding hydrogens is 160 g/mol. The molecule has 2 nitrogen and oxygen atoms in total. The minimum Gasteiger partial charge on any atom is -0.326 e. The van der Waals surface area contributed by atoms with Gasteiger partial charge in [-0.05, 0) is 17.0 Å². The van der Waals surface area contributed by atoms with Crippen LogP contribution in [0, 0.1) is 5.92 Å². The van der Waals surface area contributed by atoms with E-state index in [9.17, 15) is 0 Å². The van der Waals surface area contributed by atoms with E-state index in [2.05, 4.69) is 26.0 Å². The molecule has 0 aliphatic heterocycles. The van der Waals surface area contributed by atoms with Crippen LogP contribution in [0.4, 0.5) is 0 Å². The van der Waals surface area contributed by atoms with Gasteiger partial charge in [-0.3, -0.25) is 0 Å². The molecule has 0 bridgehead atoms. The summed E-state index contributed by atoms with van der Waals surface area (Å²) in [4.78, 5) is 0. The maximum atomic E-state index is 6.00. The number of hydrogen-bond acceptors (Lipinski definition) is 2. The summed E-state index contributed by atoms with van der Waals surface area (Å²) >= 11 is 0. The molecule has 0 fully saturated rings. The van der Waals surface area contributed by atoms with Crippen LogP contribution < -0.4 is 11.5 Å². The van der Waals surface area contributed by atoms with Gasteiger partial charge < -0.3 is 11.5 Å². The lowest BCUT2D eigenvalue weighted by atomic mass is 9.96. The highest BCUT2D eigenvalue weighted by Crippen LogP contribution is 2.18. The van der Waals surface area contributed by atoms with Gasteiger partial charge in [-0.15, -0.1) is 0 Å². The lowest BCUT2D eigenvalue weighted by molar-refractivity contribution is 0.514. The van der Waals surface area contributed by atoms with Crippen molar-refractivity contribution < 1.29 is 0 Å². The van der Waals surface area contributed by atoms with Gasteiger partial charge in [0.1, 0.15) is 0 Å². The second-order valence-corrected chi connectivity index (χ2v) is 3.72. The quantitative estimate of drug-likeness (QED) is 0.741. The summed E-state index contributed by atoms with van der Waals surface area (Å²) in [6.07, 6.45) is 0. The fourth-order valence-corrected chi connectivity index (χ4v) is 1.26. The Morgan fingerprint density at radius 3 is 2.08 bits per heavy atom. The molecule has 0 heterocycles. The van der Waals surface area contributed by atoms with Crippen molar-refractivity contribution in [1.82, 2.24) is 0 Å². The summed E-state index contributed by atoms with van der Waals surface area (Å²) in [6.45, 7) is 4.85. The molecule has 0 aliphatic carbocycles. The highest BCUT2D eigenvalue weighted by Gasteiger charge is 2.09. The molecule has 0 spiro atoms. The Labute approximate surface area is 79.9 Å². The highest BCUT2D eigenvalue weighted by molar-refractivity contribution is 5.24. The van der Waals surface area contributed by atoms with Crippen molar-refractivity contribution in [1.29, 1.82) is 0 Å². The molecule has 0 amide bonds. The molecule has 0 saturated heterocycles. The summed E-state index contributed by atoms with van der Waals surface area (Å²) < 4.78 is 0. The van der Waals surface area contributed by atoms with Crippen molar-refractivity contribution in [3.8, 4) is 0 Å². The minimum atomic E-state index is 0.131. The second-order valence-electron chi connectivity index (χ2n) is 3.72. The van der Waals surface area contributed by atoms with Gasteiger partial charge in [0.05, 0.1) is 0 Å². The van der Waals surface area contributed by atoms with Gasteiger partial charge in [0.2, 0.25) is 0 Å². The lowest BCUT2D eigenvalue weighted by Gasteiger charge is -2.15. The normalized spacial score (nSPS) is 13.3. The first-order valence-electron chi connectivity index (χ1n) is 4.69. The van der Waals surface area contributed by atoms with Gasteiger partial charge in [0.25, 0.3) is 0 Å². The molecule has 1 rings (SSSR count). The zero-order chi connectivity index (χ0) is 9.84. The summed E-state index contributed by atoms with van der Waals surface area (Å²) in [7, 11) is 0.